The van der Waals surface area contributed by atoms with Crippen LogP contribution in [0.15, 0.2) is 60.8 Å². The highest BCUT2D eigenvalue weighted by atomic mass is 15.4. The molecule has 2 N–H and O–H groups in total. The Balaban J connectivity index is 1.61. The second-order valence-electron chi connectivity index (χ2n) is 7.03. The number of hydrogen-bond acceptors (Lipinski definition) is 6. The van der Waals surface area contributed by atoms with Crippen LogP contribution in [-0.4, -0.2) is 25.0 Å². The van der Waals surface area contributed by atoms with Gasteiger partial charge in [0.25, 0.3) is 0 Å². The molecule has 1 aromatic carbocycles. The van der Waals surface area contributed by atoms with Gasteiger partial charge in [0.1, 0.15) is 11.5 Å². The molecule has 0 amide bonds. The standard InChI is InChI=1S/C23H21N7/c1-2-5-19-8-4-9-20(26-19)14-30-15-22(28-29-30)18-11-21(27-23(25)12-18)17-7-3-6-16(10-17)13-24/h3-4,6-12,15H,2,5,14H2,1H3,(H2,25,27). The Hall–Kier alpha value is -4.05. The summed E-state index contributed by atoms with van der Waals surface area (Å²) in [5.74, 6) is 0.383. The molecule has 0 bridgehead atoms. The summed E-state index contributed by atoms with van der Waals surface area (Å²) in [4.78, 5) is 9.09. The second kappa shape index (κ2) is 8.53. The van der Waals surface area contributed by atoms with E-state index < -0.39 is 0 Å². The van der Waals surface area contributed by atoms with Gasteiger partial charge in [-0.2, -0.15) is 5.26 Å². The molecular formula is C23H21N7. The van der Waals surface area contributed by atoms with Crippen LogP contribution in [-0.2, 0) is 13.0 Å². The number of pyridine rings is 2. The summed E-state index contributed by atoms with van der Waals surface area (Å²) in [7, 11) is 0. The highest BCUT2D eigenvalue weighted by Gasteiger charge is 2.10. The molecule has 0 radical (unpaired) electrons. The maximum absolute atomic E-state index is 9.15. The minimum atomic E-state index is 0.383. The van der Waals surface area contributed by atoms with E-state index in [1.165, 1.54) is 0 Å². The van der Waals surface area contributed by atoms with E-state index >= 15 is 0 Å². The zero-order valence-electron chi connectivity index (χ0n) is 16.7. The van der Waals surface area contributed by atoms with Crippen molar-refractivity contribution in [2.24, 2.45) is 0 Å². The van der Waals surface area contributed by atoms with Crippen molar-refractivity contribution in [2.75, 3.05) is 5.73 Å². The van der Waals surface area contributed by atoms with Gasteiger partial charge in [0.05, 0.1) is 35.8 Å². The molecule has 0 atom stereocenters. The van der Waals surface area contributed by atoms with E-state index in [0.717, 1.165) is 35.4 Å². The quantitative estimate of drug-likeness (QED) is 0.531. The third-order valence-corrected chi connectivity index (χ3v) is 4.66. The van der Waals surface area contributed by atoms with Gasteiger partial charge in [-0.15, -0.1) is 5.10 Å². The maximum atomic E-state index is 9.15. The summed E-state index contributed by atoms with van der Waals surface area (Å²) in [5.41, 5.74) is 11.7. The Labute approximate surface area is 174 Å². The average molecular weight is 395 g/mol. The van der Waals surface area contributed by atoms with E-state index in [1.807, 2.05) is 42.6 Å². The normalized spacial score (nSPS) is 10.7. The first-order valence-electron chi connectivity index (χ1n) is 9.78. The van der Waals surface area contributed by atoms with E-state index in [9.17, 15) is 0 Å². The molecule has 0 aliphatic carbocycles. The number of benzene rings is 1. The Kier molecular flexibility index (Phi) is 5.48. The SMILES string of the molecule is CCCc1cccc(Cn2cc(-c3cc(N)nc(-c4cccc(C#N)c4)c3)nn2)n1. The van der Waals surface area contributed by atoms with Crippen molar-refractivity contribution in [1.82, 2.24) is 25.0 Å². The fourth-order valence-electron chi connectivity index (χ4n) is 3.28. The van der Waals surface area contributed by atoms with Gasteiger partial charge in [-0.25, -0.2) is 9.67 Å². The molecule has 0 saturated heterocycles. The van der Waals surface area contributed by atoms with Gasteiger partial charge in [0.15, 0.2) is 0 Å². The second-order valence-corrected chi connectivity index (χ2v) is 7.03. The van der Waals surface area contributed by atoms with Crippen molar-refractivity contribution in [1.29, 1.82) is 5.26 Å². The molecule has 3 heterocycles. The number of nitriles is 1. The monoisotopic (exact) mass is 395 g/mol. The minimum Gasteiger partial charge on any atom is -0.384 e. The molecule has 30 heavy (non-hydrogen) atoms. The van der Waals surface area contributed by atoms with Crippen LogP contribution in [0, 0.1) is 11.3 Å². The van der Waals surface area contributed by atoms with Crippen LogP contribution in [0.5, 0.6) is 0 Å². The van der Waals surface area contributed by atoms with E-state index in [-0.39, 0.29) is 0 Å². The van der Waals surface area contributed by atoms with Crippen LogP contribution in [0.4, 0.5) is 5.82 Å². The molecule has 4 rings (SSSR count). The first kappa shape index (κ1) is 19.3. The van der Waals surface area contributed by atoms with E-state index in [2.05, 4.69) is 33.3 Å². The topological polar surface area (TPSA) is 106 Å². The fourth-order valence-corrected chi connectivity index (χ4v) is 3.28. The molecule has 7 heteroatoms. The number of nitrogens with zero attached hydrogens (tertiary/aromatic N) is 6. The Morgan fingerprint density at radius 1 is 0.967 bits per heavy atom. The molecule has 148 valence electrons. The van der Waals surface area contributed by atoms with Crippen molar-refractivity contribution in [3.63, 3.8) is 0 Å². The molecule has 0 fully saturated rings. The summed E-state index contributed by atoms with van der Waals surface area (Å²) >= 11 is 0. The smallest absolute Gasteiger partial charge is 0.124 e. The largest absolute Gasteiger partial charge is 0.384 e. The lowest BCUT2D eigenvalue weighted by Crippen LogP contribution is -2.04. The van der Waals surface area contributed by atoms with Gasteiger partial charge in [0.2, 0.25) is 0 Å². The summed E-state index contributed by atoms with van der Waals surface area (Å²) in [6.45, 7) is 2.69. The lowest BCUT2D eigenvalue weighted by atomic mass is 10.1. The van der Waals surface area contributed by atoms with Crippen molar-refractivity contribution in [3.8, 4) is 28.6 Å². The molecule has 0 aliphatic heterocycles. The number of aromatic nitrogens is 5. The lowest BCUT2D eigenvalue weighted by Gasteiger charge is -2.06. The molecule has 7 nitrogen and oxygen atoms in total. The van der Waals surface area contributed by atoms with E-state index in [4.69, 9.17) is 11.0 Å². The number of aryl methyl sites for hydroxylation is 1. The van der Waals surface area contributed by atoms with Crippen LogP contribution < -0.4 is 5.73 Å². The number of rotatable bonds is 6. The Bertz CT molecular complexity index is 1220. The summed E-state index contributed by atoms with van der Waals surface area (Å²) in [6.07, 6.45) is 3.90. The zero-order chi connectivity index (χ0) is 20.9. The maximum Gasteiger partial charge on any atom is 0.124 e. The Morgan fingerprint density at radius 2 is 1.80 bits per heavy atom. The van der Waals surface area contributed by atoms with Crippen molar-refractivity contribution in [2.45, 2.75) is 26.3 Å². The number of nitrogen functional groups attached to an aromatic ring is 1. The molecular weight excluding hydrogens is 374 g/mol. The molecule has 0 spiro atoms. The van der Waals surface area contributed by atoms with Gasteiger partial charge in [0, 0.05) is 16.8 Å². The fraction of sp³-hybridized carbons (Fsp3) is 0.174. The molecule has 3 aromatic heterocycles. The molecule has 0 aliphatic rings. The van der Waals surface area contributed by atoms with Gasteiger partial charge >= 0.3 is 0 Å². The van der Waals surface area contributed by atoms with Crippen molar-refractivity contribution >= 4 is 5.82 Å². The molecule has 0 unspecified atom stereocenters. The van der Waals surface area contributed by atoms with Gasteiger partial charge in [-0.1, -0.05) is 36.8 Å². The third-order valence-electron chi connectivity index (χ3n) is 4.66. The highest BCUT2D eigenvalue weighted by Crippen LogP contribution is 2.26. The van der Waals surface area contributed by atoms with Crippen LogP contribution >= 0.6 is 0 Å². The summed E-state index contributed by atoms with van der Waals surface area (Å²) < 4.78 is 1.76. The van der Waals surface area contributed by atoms with Crippen molar-refractivity contribution < 1.29 is 0 Å². The molecule has 0 saturated carbocycles. The first-order chi connectivity index (χ1) is 14.6. The van der Waals surface area contributed by atoms with Crippen LogP contribution in [0.25, 0.3) is 22.5 Å². The number of hydrogen-bond donors (Lipinski definition) is 1. The van der Waals surface area contributed by atoms with Crippen LogP contribution in [0.3, 0.4) is 0 Å². The van der Waals surface area contributed by atoms with Crippen molar-refractivity contribution in [3.05, 3.63) is 77.7 Å². The predicted molar refractivity (Wildman–Crippen MR) is 115 cm³/mol. The Morgan fingerprint density at radius 3 is 2.63 bits per heavy atom. The number of nitrogens with two attached hydrogens (primary N) is 1. The highest BCUT2D eigenvalue weighted by molar-refractivity contribution is 5.71. The minimum absolute atomic E-state index is 0.383. The average Bonchev–Trinajstić information content (AvgIpc) is 3.22. The zero-order valence-corrected chi connectivity index (χ0v) is 16.7. The third kappa shape index (κ3) is 4.33. The lowest BCUT2D eigenvalue weighted by molar-refractivity contribution is 0.635. The van der Waals surface area contributed by atoms with Gasteiger partial charge < -0.3 is 5.73 Å². The summed E-state index contributed by atoms with van der Waals surface area (Å²) in [6, 6.07) is 19.2. The predicted octanol–water partition coefficient (Wildman–Crippen LogP) is 3.86. The summed E-state index contributed by atoms with van der Waals surface area (Å²) in [5, 5.41) is 17.7. The van der Waals surface area contributed by atoms with Gasteiger partial charge in [-0.05, 0) is 42.8 Å². The first-order valence-corrected chi connectivity index (χ1v) is 9.78. The van der Waals surface area contributed by atoms with E-state index in [1.54, 1.807) is 22.9 Å². The number of anilines is 1. The van der Waals surface area contributed by atoms with Crippen LogP contribution in [0.1, 0.15) is 30.3 Å². The van der Waals surface area contributed by atoms with E-state index in [0.29, 0.717) is 29.3 Å². The molecule has 4 aromatic rings. The van der Waals surface area contributed by atoms with Gasteiger partial charge in [-0.3, -0.25) is 4.98 Å². The van der Waals surface area contributed by atoms with Crippen LogP contribution in [0.2, 0.25) is 0 Å².